The SMILES string of the molecule is O=C(O)c1cc([N+](=O)[O-])ccc1N1CCCCCC1CO. The summed E-state index contributed by atoms with van der Waals surface area (Å²) in [4.78, 5) is 23.5. The number of hydrogen-bond acceptors (Lipinski definition) is 5. The van der Waals surface area contributed by atoms with Gasteiger partial charge in [-0.25, -0.2) is 4.79 Å². The highest BCUT2D eigenvalue weighted by molar-refractivity contribution is 5.95. The molecule has 1 saturated heterocycles. The summed E-state index contributed by atoms with van der Waals surface area (Å²) in [5.74, 6) is -1.20. The molecule has 0 aromatic heterocycles. The van der Waals surface area contributed by atoms with Crippen molar-refractivity contribution in [2.24, 2.45) is 0 Å². The number of aliphatic hydroxyl groups excluding tert-OH is 1. The zero-order chi connectivity index (χ0) is 15.4. The van der Waals surface area contributed by atoms with Crippen molar-refractivity contribution < 1.29 is 19.9 Å². The number of nitro groups is 1. The van der Waals surface area contributed by atoms with E-state index >= 15 is 0 Å². The standard InChI is InChI=1S/C14H18N2O5/c17-9-11-4-2-1-3-7-15(11)13-6-5-10(16(20)21)8-12(13)14(18)19/h5-6,8,11,17H,1-4,7,9H2,(H,18,19). The summed E-state index contributed by atoms with van der Waals surface area (Å²) >= 11 is 0. The van der Waals surface area contributed by atoms with E-state index in [1.54, 1.807) is 0 Å². The molecule has 114 valence electrons. The number of carbonyl (C=O) groups is 1. The third-order valence-corrected chi connectivity index (χ3v) is 3.82. The molecule has 21 heavy (non-hydrogen) atoms. The summed E-state index contributed by atoms with van der Waals surface area (Å²) in [6, 6.07) is 3.71. The van der Waals surface area contributed by atoms with Crippen LogP contribution in [0.2, 0.25) is 0 Å². The lowest BCUT2D eigenvalue weighted by Gasteiger charge is -2.31. The summed E-state index contributed by atoms with van der Waals surface area (Å²) in [6.45, 7) is 0.583. The lowest BCUT2D eigenvalue weighted by Crippen LogP contribution is -2.38. The van der Waals surface area contributed by atoms with Gasteiger partial charge in [0.15, 0.2) is 0 Å². The van der Waals surface area contributed by atoms with Crippen LogP contribution in [0.15, 0.2) is 18.2 Å². The Morgan fingerprint density at radius 1 is 1.38 bits per heavy atom. The first-order chi connectivity index (χ1) is 10.0. The van der Waals surface area contributed by atoms with Gasteiger partial charge in [-0.3, -0.25) is 10.1 Å². The van der Waals surface area contributed by atoms with E-state index in [9.17, 15) is 25.1 Å². The number of non-ortho nitro benzene ring substituents is 1. The van der Waals surface area contributed by atoms with E-state index in [-0.39, 0.29) is 23.9 Å². The van der Waals surface area contributed by atoms with Crippen molar-refractivity contribution in [1.29, 1.82) is 0 Å². The molecule has 7 nitrogen and oxygen atoms in total. The monoisotopic (exact) mass is 294 g/mol. The largest absolute Gasteiger partial charge is 0.478 e. The van der Waals surface area contributed by atoms with Gasteiger partial charge in [0.25, 0.3) is 5.69 Å². The highest BCUT2D eigenvalue weighted by atomic mass is 16.6. The second-order valence-electron chi connectivity index (χ2n) is 5.14. The van der Waals surface area contributed by atoms with Crippen LogP contribution in [0.3, 0.4) is 0 Å². The Balaban J connectivity index is 2.45. The summed E-state index contributed by atoms with van der Waals surface area (Å²) in [5, 5.41) is 29.6. The van der Waals surface area contributed by atoms with Gasteiger partial charge in [0.1, 0.15) is 0 Å². The summed E-state index contributed by atoms with van der Waals surface area (Å²) in [5.41, 5.74) is 0.102. The molecule has 1 unspecified atom stereocenters. The number of rotatable bonds is 4. The van der Waals surface area contributed by atoms with Gasteiger partial charge in [0.05, 0.1) is 28.8 Å². The van der Waals surface area contributed by atoms with Crippen LogP contribution < -0.4 is 4.90 Å². The molecule has 0 amide bonds. The van der Waals surface area contributed by atoms with Gasteiger partial charge in [-0.15, -0.1) is 0 Å². The molecule has 2 N–H and O–H groups in total. The lowest BCUT2D eigenvalue weighted by atomic mass is 10.1. The number of nitrogens with zero attached hydrogens (tertiary/aromatic N) is 2. The van der Waals surface area contributed by atoms with Crippen LogP contribution >= 0.6 is 0 Å². The van der Waals surface area contributed by atoms with Crippen LogP contribution in [0.25, 0.3) is 0 Å². The Bertz CT molecular complexity index is 546. The number of hydrogen-bond donors (Lipinski definition) is 2. The third-order valence-electron chi connectivity index (χ3n) is 3.82. The zero-order valence-electron chi connectivity index (χ0n) is 11.6. The summed E-state index contributed by atoms with van der Waals surface area (Å²) < 4.78 is 0. The van der Waals surface area contributed by atoms with Crippen LogP contribution in [0, 0.1) is 10.1 Å². The van der Waals surface area contributed by atoms with E-state index in [0.717, 1.165) is 31.7 Å². The number of nitro benzene ring substituents is 1. The fraction of sp³-hybridized carbons (Fsp3) is 0.500. The second-order valence-corrected chi connectivity index (χ2v) is 5.14. The van der Waals surface area contributed by atoms with Crippen LogP contribution in [0.1, 0.15) is 36.0 Å². The maximum absolute atomic E-state index is 11.4. The normalized spacial score (nSPS) is 19.1. The molecular weight excluding hydrogens is 276 g/mol. The molecule has 1 aromatic carbocycles. The van der Waals surface area contributed by atoms with Gasteiger partial charge >= 0.3 is 5.97 Å². The maximum atomic E-state index is 11.4. The van der Waals surface area contributed by atoms with Crippen molar-refractivity contribution >= 4 is 17.3 Å². The van der Waals surface area contributed by atoms with Crippen molar-refractivity contribution in [1.82, 2.24) is 0 Å². The molecule has 2 rings (SSSR count). The fourth-order valence-electron chi connectivity index (χ4n) is 2.74. The average molecular weight is 294 g/mol. The molecule has 7 heteroatoms. The van der Waals surface area contributed by atoms with Crippen LogP contribution in [-0.4, -0.2) is 40.3 Å². The first-order valence-electron chi connectivity index (χ1n) is 6.94. The van der Waals surface area contributed by atoms with Crippen LogP contribution in [-0.2, 0) is 0 Å². The topological polar surface area (TPSA) is 104 Å². The minimum atomic E-state index is -1.20. The summed E-state index contributed by atoms with van der Waals surface area (Å²) in [6.07, 6.45) is 3.71. The summed E-state index contributed by atoms with van der Waals surface area (Å²) in [7, 11) is 0. The molecule has 0 radical (unpaired) electrons. The first kappa shape index (κ1) is 15.2. The molecule has 0 saturated carbocycles. The van der Waals surface area contributed by atoms with Gasteiger partial charge in [-0.1, -0.05) is 12.8 Å². The van der Waals surface area contributed by atoms with Crippen molar-refractivity contribution in [3.8, 4) is 0 Å². The van der Waals surface area contributed by atoms with Crippen molar-refractivity contribution in [2.45, 2.75) is 31.7 Å². The lowest BCUT2D eigenvalue weighted by molar-refractivity contribution is -0.384. The molecular formula is C14H18N2O5. The Morgan fingerprint density at radius 3 is 2.76 bits per heavy atom. The van der Waals surface area contributed by atoms with Crippen molar-refractivity contribution in [3.05, 3.63) is 33.9 Å². The Kier molecular flexibility index (Phi) is 4.74. The molecule has 1 heterocycles. The zero-order valence-corrected chi connectivity index (χ0v) is 11.6. The second kappa shape index (κ2) is 6.53. The molecule has 1 atom stereocenters. The van der Waals surface area contributed by atoms with Crippen molar-refractivity contribution in [3.63, 3.8) is 0 Å². The molecule has 1 fully saturated rings. The fourth-order valence-corrected chi connectivity index (χ4v) is 2.74. The van der Waals surface area contributed by atoms with Gasteiger partial charge in [0, 0.05) is 18.7 Å². The smallest absolute Gasteiger partial charge is 0.338 e. The number of aliphatic hydroxyl groups is 1. The predicted molar refractivity (Wildman–Crippen MR) is 76.7 cm³/mol. The van der Waals surface area contributed by atoms with Crippen LogP contribution in [0.4, 0.5) is 11.4 Å². The third kappa shape index (κ3) is 3.30. The van der Waals surface area contributed by atoms with Crippen LogP contribution in [0.5, 0.6) is 0 Å². The molecule has 0 spiro atoms. The minimum Gasteiger partial charge on any atom is -0.478 e. The number of carboxylic acids is 1. The highest BCUT2D eigenvalue weighted by Crippen LogP contribution is 2.30. The molecule has 0 bridgehead atoms. The average Bonchev–Trinajstić information content (AvgIpc) is 2.71. The highest BCUT2D eigenvalue weighted by Gasteiger charge is 2.26. The van der Waals surface area contributed by atoms with E-state index < -0.39 is 10.9 Å². The quantitative estimate of drug-likeness (QED) is 0.650. The van der Waals surface area contributed by atoms with E-state index in [4.69, 9.17) is 0 Å². The molecule has 1 aliphatic heterocycles. The molecule has 0 aliphatic carbocycles. The Labute approximate surface area is 122 Å². The van der Waals surface area contributed by atoms with E-state index in [1.807, 2.05) is 4.90 Å². The number of anilines is 1. The first-order valence-corrected chi connectivity index (χ1v) is 6.94. The van der Waals surface area contributed by atoms with Gasteiger partial charge < -0.3 is 15.1 Å². The number of carboxylic acid groups (broad SMARTS) is 1. The van der Waals surface area contributed by atoms with E-state index in [0.29, 0.717) is 12.2 Å². The minimum absolute atomic E-state index is 0.0595. The predicted octanol–water partition coefficient (Wildman–Crippen LogP) is 2.03. The van der Waals surface area contributed by atoms with E-state index in [1.165, 1.54) is 12.1 Å². The maximum Gasteiger partial charge on any atom is 0.338 e. The Hall–Kier alpha value is -2.15. The van der Waals surface area contributed by atoms with E-state index in [2.05, 4.69) is 0 Å². The molecule has 1 aromatic rings. The van der Waals surface area contributed by atoms with Gasteiger partial charge in [-0.05, 0) is 18.9 Å². The van der Waals surface area contributed by atoms with Gasteiger partial charge in [0.2, 0.25) is 0 Å². The van der Waals surface area contributed by atoms with Crippen molar-refractivity contribution in [2.75, 3.05) is 18.1 Å². The Morgan fingerprint density at radius 2 is 2.14 bits per heavy atom. The molecule has 1 aliphatic rings. The van der Waals surface area contributed by atoms with Gasteiger partial charge in [-0.2, -0.15) is 0 Å². The number of benzene rings is 1. The number of aromatic carboxylic acids is 1.